The van der Waals surface area contributed by atoms with E-state index in [2.05, 4.69) is 63.7 Å². The first-order chi connectivity index (χ1) is 17.2. The van der Waals surface area contributed by atoms with E-state index in [1.807, 2.05) is 11.8 Å². The number of hydrogen-bond donors (Lipinski definition) is 1. The number of likely N-dealkylation sites (tertiary alicyclic amines) is 1. The molecule has 0 aromatic heterocycles. The lowest BCUT2D eigenvalue weighted by atomic mass is 9.70. The van der Waals surface area contributed by atoms with Crippen LogP contribution in [0.15, 0.2) is 25.3 Å². The van der Waals surface area contributed by atoms with Crippen LogP contribution in [-0.4, -0.2) is 84.9 Å². The van der Waals surface area contributed by atoms with Crippen LogP contribution in [-0.2, 0) is 19.1 Å². The standard InChI is InChI=1S/C28H43BrN2O5S/c1-9-12-30(27(7,8)16-26(4,5)6)24(34)22-28-14-18(29)21(37-28)19(25(35)36-13-10-2)20(28)23(33)31(22)17(11-3)15-32/h9-10,17-22,32H,1-2,11-16H2,3-8H3/t17-,18?,19-,20-,21-,22?,28?/m0/s1. The molecule has 0 aromatic carbocycles. The Morgan fingerprint density at radius 2 is 1.95 bits per heavy atom. The summed E-state index contributed by atoms with van der Waals surface area (Å²) < 4.78 is 4.66. The van der Waals surface area contributed by atoms with Gasteiger partial charge in [-0.05, 0) is 38.5 Å². The fourth-order valence-electron chi connectivity index (χ4n) is 6.97. The average molecular weight is 600 g/mol. The number of hydrogen-bond acceptors (Lipinski definition) is 6. The third kappa shape index (κ3) is 5.29. The van der Waals surface area contributed by atoms with E-state index in [0.29, 0.717) is 19.4 Å². The average Bonchev–Trinajstić information content (AvgIpc) is 3.38. The third-order valence-corrected chi connectivity index (χ3v) is 11.1. The number of fused-ring (bicyclic) bond motifs is 1. The van der Waals surface area contributed by atoms with Gasteiger partial charge in [0.15, 0.2) is 0 Å². The van der Waals surface area contributed by atoms with Crippen LogP contribution < -0.4 is 0 Å². The number of aliphatic hydroxyl groups excluding tert-OH is 1. The van der Waals surface area contributed by atoms with E-state index in [-0.39, 0.29) is 40.5 Å². The molecule has 37 heavy (non-hydrogen) atoms. The van der Waals surface area contributed by atoms with Crippen molar-refractivity contribution in [2.75, 3.05) is 19.8 Å². The molecule has 1 spiro atoms. The van der Waals surface area contributed by atoms with Crippen molar-refractivity contribution in [3.05, 3.63) is 25.3 Å². The number of alkyl halides is 1. The number of esters is 1. The highest BCUT2D eigenvalue weighted by Gasteiger charge is 2.76. The maximum absolute atomic E-state index is 14.7. The van der Waals surface area contributed by atoms with E-state index in [1.165, 1.54) is 6.08 Å². The minimum absolute atomic E-state index is 0.0339. The minimum atomic E-state index is -0.798. The summed E-state index contributed by atoms with van der Waals surface area (Å²) in [7, 11) is 0. The molecule has 3 aliphatic heterocycles. The van der Waals surface area contributed by atoms with Crippen molar-refractivity contribution in [1.82, 2.24) is 9.80 Å². The lowest BCUT2D eigenvalue weighted by Gasteiger charge is -2.46. The van der Waals surface area contributed by atoms with E-state index in [4.69, 9.17) is 4.74 Å². The predicted molar refractivity (Wildman–Crippen MR) is 151 cm³/mol. The van der Waals surface area contributed by atoms with Crippen LogP contribution in [0, 0.1) is 17.3 Å². The van der Waals surface area contributed by atoms with Crippen molar-refractivity contribution in [1.29, 1.82) is 0 Å². The van der Waals surface area contributed by atoms with Gasteiger partial charge in [0.1, 0.15) is 12.6 Å². The second-order valence-corrected chi connectivity index (χ2v) is 15.1. The second kappa shape index (κ2) is 11.0. The van der Waals surface area contributed by atoms with Crippen LogP contribution in [0.3, 0.4) is 0 Å². The van der Waals surface area contributed by atoms with E-state index in [0.717, 1.165) is 6.42 Å². The van der Waals surface area contributed by atoms with E-state index >= 15 is 0 Å². The van der Waals surface area contributed by atoms with Crippen LogP contribution in [0.2, 0.25) is 0 Å². The van der Waals surface area contributed by atoms with Crippen LogP contribution >= 0.6 is 27.7 Å². The molecule has 3 aliphatic rings. The van der Waals surface area contributed by atoms with Gasteiger partial charge >= 0.3 is 5.97 Å². The van der Waals surface area contributed by atoms with Gasteiger partial charge in [0.2, 0.25) is 11.8 Å². The van der Waals surface area contributed by atoms with Gasteiger partial charge < -0.3 is 19.6 Å². The lowest BCUT2D eigenvalue weighted by Crippen LogP contribution is -2.61. The normalized spacial score (nSPS) is 31.7. The van der Waals surface area contributed by atoms with Crippen LogP contribution in [0.1, 0.15) is 60.8 Å². The number of halogens is 1. The first-order valence-corrected chi connectivity index (χ1v) is 14.9. The highest BCUT2D eigenvalue weighted by atomic mass is 79.9. The monoisotopic (exact) mass is 598 g/mol. The van der Waals surface area contributed by atoms with Crippen molar-refractivity contribution in [3.8, 4) is 0 Å². The Bertz CT molecular complexity index is 930. The molecular weight excluding hydrogens is 556 g/mol. The molecule has 3 unspecified atom stereocenters. The third-order valence-electron chi connectivity index (χ3n) is 7.92. The molecule has 1 N–H and O–H groups in total. The minimum Gasteiger partial charge on any atom is -0.461 e. The van der Waals surface area contributed by atoms with Gasteiger partial charge in [-0.1, -0.05) is 62.4 Å². The van der Waals surface area contributed by atoms with Crippen LogP contribution in [0.4, 0.5) is 0 Å². The Kier molecular flexibility index (Phi) is 9.02. The molecule has 0 aliphatic carbocycles. The number of nitrogens with zero attached hydrogens (tertiary/aromatic N) is 2. The zero-order valence-electron chi connectivity index (χ0n) is 23.0. The Morgan fingerprint density at radius 3 is 2.46 bits per heavy atom. The molecule has 9 heteroatoms. The maximum Gasteiger partial charge on any atom is 0.311 e. The number of rotatable bonds is 11. The van der Waals surface area contributed by atoms with Crippen molar-refractivity contribution < 1.29 is 24.2 Å². The van der Waals surface area contributed by atoms with Crippen molar-refractivity contribution in [3.63, 3.8) is 0 Å². The molecule has 0 saturated carbocycles. The van der Waals surface area contributed by atoms with Crippen LogP contribution in [0.5, 0.6) is 0 Å². The molecule has 0 aromatic rings. The largest absolute Gasteiger partial charge is 0.461 e. The zero-order chi connectivity index (χ0) is 27.9. The number of amides is 2. The van der Waals surface area contributed by atoms with Gasteiger partial charge in [0, 0.05) is 22.2 Å². The summed E-state index contributed by atoms with van der Waals surface area (Å²) >= 11 is 5.35. The maximum atomic E-state index is 14.7. The summed E-state index contributed by atoms with van der Waals surface area (Å²) in [5, 5.41) is 10.1. The molecule has 2 amide bonds. The molecule has 208 valence electrons. The molecular formula is C28H43BrN2O5S. The molecule has 7 nitrogen and oxygen atoms in total. The van der Waals surface area contributed by atoms with Gasteiger partial charge in [-0.3, -0.25) is 14.4 Å². The number of aliphatic hydroxyl groups is 1. The van der Waals surface area contributed by atoms with Crippen molar-refractivity contribution in [2.24, 2.45) is 17.3 Å². The second-order valence-electron chi connectivity index (χ2n) is 12.4. The Balaban J connectivity index is 2.14. The summed E-state index contributed by atoms with van der Waals surface area (Å²) in [5.41, 5.74) is -0.543. The number of ether oxygens (including phenoxy) is 1. The van der Waals surface area contributed by atoms with Gasteiger partial charge in [-0.2, -0.15) is 0 Å². The van der Waals surface area contributed by atoms with E-state index in [9.17, 15) is 19.5 Å². The van der Waals surface area contributed by atoms with Gasteiger partial charge in [-0.25, -0.2) is 0 Å². The highest BCUT2D eigenvalue weighted by Crippen LogP contribution is 2.68. The van der Waals surface area contributed by atoms with E-state index < -0.39 is 40.2 Å². The molecule has 3 rings (SSSR count). The van der Waals surface area contributed by atoms with Gasteiger partial charge in [0.05, 0.1) is 29.2 Å². The number of thioether (sulfide) groups is 1. The summed E-state index contributed by atoms with van der Waals surface area (Å²) in [6.45, 7) is 20.2. The molecule has 3 heterocycles. The summed E-state index contributed by atoms with van der Waals surface area (Å²) in [4.78, 5) is 45.5. The van der Waals surface area contributed by atoms with Crippen molar-refractivity contribution in [2.45, 2.75) is 93.3 Å². The summed E-state index contributed by atoms with van der Waals surface area (Å²) in [5.74, 6) is -2.16. The molecule has 2 bridgehead atoms. The quantitative estimate of drug-likeness (QED) is 0.218. The van der Waals surface area contributed by atoms with Gasteiger partial charge in [0.25, 0.3) is 0 Å². The first-order valence-electron chi connectivity index (χ1n) is 13.2. The zero-order valence-corrected chi connectivity index (χ0v) is 25.4. The Morgan fingerprint density at radius 1 is 1.30 bits per heavy atom. The molecule has 0 radical (unpaired) electrons. The number of carbonyl (C=O) groups is 3. The fourth-order valence-corrected chi connectivity index (χ4v) is 10.5. The highest BCUT2D eigenvalue weighted by molar-refractivity contribution is 9.09. The smallest absolute Gasteiger partial charge is 0.311 e. The summed E-state index contributed by atoms with van der Waals surface area (Å²) in [6, 6.07) is -1.32. The Labute approximate surface area is 234 Å². The lowest BCUT2D eigenvalue weighted by molar-refractivity contribution is -0.153. The summed E-state index contributed by atoms with van der Waals surface area (Å²) in [6.07, 6.45) is 5.07. The van der Waals surface area contributed by atoms with Crippen LogP contribution in [0.25, 0.3) is 0 Å². The number of carbonyl (C=O) groups excluding carboxylic acids is 3. The fraction of sp³-hybridized carbons (Fsp3) is 0.750. The molecule has 3 fully saturated rings. The first kappa shape index (κ1) is 30.2. The molecule has 7 atom stereocenters. The SMILES string of the molecule is C=CCOC(=O)[C@H]1[C@H]2C(=O)N([C@@H](CC)CO)C(C(=O)N(CC=C)C(C)(C)CC(C)(C)C)C23CC(Br)[C@@H]1S3. The van der Waals surface area contributed by atoms with Crippen molar-refractivity contribution >= 4 is 45.5 Å². The van der Waals surface area contributed by atoms with Gasteiger partial charge in [-0.15, -0.1) is 18.3 Å². The topological polar surface area (TPSA) is 87.1 Å². The molecule has 3 saturated heterocycles. The Hall–Kier alpha value is -1.32. The van der Waals surface area contributed by atoms with E-state index in [1.54, 1.807) is 22.7 Å². The predicted octanol–water partition coefficient (Wildman–Crippen LogP) is 4.18.